The first kappa shape index (κ1) is 15.3. The molecular formula is C11H18N4O3S. The Morgan fingerprint density at radius 1 is 1.32 bits per heavy atom. The zero-order chi connectivity index (χ0) is 14.8. The zero-order valence-electron chi connectivity index (χ0n) is 11.0. The van der Waals surface area contributed by atoms with Crippen molar-refractivity contribution >= 4 is 27.3 Å². The summed E-state index contributed by atoms with van der Waals surface area (Å²) < 4.78 is 25.6. The summed E-state index contributed by atoms with van der Waals surface area (Å²) in [6.45, 7) is 3.15. The Morgan fingerprint density at radius 2 is 1.89 bits per heavy atom. The fraction of sp³-hybridized carbons (Fsp3) is 0.364. The van der Waals surface area contributed by atoms with Crippen molar-refractivity contribution in [3.05, 3.63) is 18.2 Å². The highest BCUT2D eigenvalue weighted by molar-refractivity contribution is 7.89. The van der Waals surface area contributed by atoms with E-state index in [-0.39, 0.29) is 4.90 Å². The maximum Gasteiger partial charge on any atom is 0.242 e. The van der Waals surface area contributed by atoms with Crippen LogP contribution in [0.5, 0.6) is 0 Å². The smallest absolute Gasteiger partial charge is 0.242 e. The second-order valence-electron chi connectivity index (χ2n) is 4.57. The van der Waals surface area contributed by atoms with Gasteiger partial charge in [0.2, 0.25) is 15.9 Å². The highest BCUT2D eigenvalue weighted by Gasteiger charge is 2.25. The van der Waals surface area contributed by atoms with Crippen molar-refractivity contribution in [2.24, 2.45) is 5.73 Å². The maximum atomic E-state index is 11.7. The van der Waals surface area contributed by atoms with Gasteiger partial charge in [-0.3, -0.25) is 4.79 Å². The van der Waals surface area contributed by atoms with Gasteiger partial charge in [0, 0.05) is 0 Å². The number of nitrogen functional groups attached to an aromatic ring is 1. The number of hydrogen-bond donors (Lipinski definition) is 4. The molecule has 1 aromatic rings. The lowest BCUT2D eigenvalue weighted by atomic mass is 10.0. The number of benzene rings is 1. The van der Waals surface area contributed by atoms with E-state index in [4.69, 9.17) is 11.5 Å². The quantitative estimate of drug-likeness (QED) is 0.560. The van der Waals surface area contributed by atoms with Crippen LogP contribution >= 0.6 is 0 Å². The van der Waals surface area contributed by atoms with Gasteiger partial charge < -0.3 is 16.8 Å². The van der Waals surface area contributed by atoms with Crippen molar-refractivity contribution in [1.29, 1.82) is 0 Å². The van der Waals surface area contributed by atoms with Crippen LogP contribution in [0.15, 0.2) is 23.1 Å². The number of amides is 1. The largest absolute Gasteiger partial charge is 0.397 e. The van der Waals surface area contributed by atoms with E-state index in [0.29, 0.717) is 11.4 Å². The fourth-order valence-corrected chi connectivity index (χ4v) is 2.08. The Hall–Kier alpha value is -1.80. The van der Waals surface area contributed by atoms with Gasteiger partial charge in [-0.05, 0) is 39.1 Å². The molecule has 1 amide bonds. The van der Waals surface area contributed by atoms with Crippen molar-refractivity contribution < 1.29 is 13.2 Å². The number of hydrogen-bond acceptors (Lipinski definition) is 5. The summed E-state index contributed by atoms with van der Waals surface area (Å²) in [5.74, 6) is -0.575. The normalized spacial score (nSPS) is 12.2. The van der Waals surface area contributed by atoms with Gasteiger partial charge in [-0.1, -0.05) is 0 Å². The van der Waals surface area contributed by atoms with Gasteiger partial charge in [-0.2, -0.15) is 0 Å². The number of nitrogens with two attached hydrogens (primary N) is 2. The fourth-order valence-electron chi connectivity index (χ4n) is 1.33. The molecule has 7 nitrogen and oxygen atoms in total. The standard InChI is InChI=1S/C11H18N4O3S/c1-11(2,10(13)16)15-9-6-7(4-5-8(9)12)19(17,18)14-3/h4-6,14-15H,12H2,1-3H3,(H2,13,16). The molecule has 0 unspecified atom stereocenters. The zero-order valence-corrected chi connectivity index (χ0v) is 11.8. The third-order valence-corrected chi connectivity index (χ3v) is 4.08. The average molecular weight is 286 g/mol. The van der Waals surface area contributed by atoms with Crippen LogP contribution in [-0.4, -0.2) is 26.9 Å². The van der Waals surface area contributed by atoms with Gasteiger partial charge in [0.1, 0.15) is 5.54 Å². The van der Waals surface area contributed by atoms with E-state index in [1.54, 1.807) is 13.8 Å². The van der Waals surface area contributed by atoms with E-state index in [0.717, 1.165) is 0 Å². The van der Waals surface area contributed by atoms with Crippen LogP contribution in [0, 0.1) is 0 Å². The van der Waals surface area contributed by atoms with E-state index in [2.05, 4.69) is 10.0 Å². The summed E-state index contributed by atoms with van der Waals surface area (Å²) in [6, 6.07) is 4.18. The Kier molecular flexibility index (Phi) is 4.06. The molecule has 1 aromatic carbocycles. The molecule has 6 N–H and O–H groups in total. The Balaban J connectivity index is 3.23. The second-order valence-corrected chi connectivity index (χ2v) is 6.46. The minimum atomic E-state index is -3.58. The maximum absolute atomic E-state index is 11.7. The highest BCUT2D eigenvalue weighted by Crippen LogP contribution is 2.25. The van der Waals surface area contributed by atoms with Crippen molar-refractivity contribution in [2.45, 2.75) is 24.3 Å². The van der Waals surface area contributed by atoms with Gasteiger partial charge in [-0.15, -0.1) is 0 Å². The van der Waals surface area contributed by atoms with Crippen molar-refractivity contribution in [1.82, 2.24) is 4.72 Å². The highest BCUT2D eigenvalue weighted by atomic mass is 32.2. The van der Waals surface area contributed by atoms with E-state index < -0.39 is 21.5 Å². The van der Waals surface area contributed by atoms with E-state index in [1.165, 1.54) is 25.2 Å². The molecule has 0 saturated carbocycles. The average Bonchev–Trinajstić information content (AvgIpc) is 2.31. The molecule has 0 heterocycles. The van der Waals surface area contributed by atoms with Gasteiger partial charge in [0.15, 0.2) is 0 Å². The van der Waals surface area contributed by atoms with E-state index >= 15 is 0 Å². The third kappa shape index (κ3) is 3.36. The van der Waals surface area contributed by atoms with Crippen molar-refractivity contribution in [3.63, 3.8) is 0 Å². The molecule has 0 bridgehead atoms. The number of primary amides is 1. The first-order chi connectivity index (χ1) is 8.60. The SMILES string of the molecule is CNS(=O)(=O)c1ccc(N)c(NC(C)(C)C(N)=O)c1. The topological polar surface area (TPSA) is 127 Å². The molecule has 0 saturated heterocycles. The summed E-state index contributed by atoms with van der Waals surface area (Å²) in [7, 11) is -2.26. The minimum absolute atomic E-state index is 0.0481. The predicted octanol–water partition coefficient (Wildman–Crippen LogP) is -0.147. The Morgan fingerprint density at radius 3 is 2.37 bits per heavy atom. The van der Waals surface area contributed by atoms with Gasteiger partial charge >= 0.3 is 0 Å². The lowest BCUT2D eigenvalue weighted by Gasteiger charge is -2.25. The molecule has 106 valence electrons. The van der Waals surface area contributed by atoms with Crippen molar-refractivity contribution in [2.75, 3.05) is 18.1 Å². The molecule has 0 atom stereocenters. The minimum Gasteiger partial charge on any atom is -0.397 e. The first-order valence-electron chi connectivity index (χ1n) is 5.51. The molecule has 0 aromatic heterocycles. The molecule has 0 aliphatic carbocycles. The predicted molar refractivity (Wildman–Crippen MR) is 74.0 cm³/mol. The molecule has 8 heteroatoms. The van der Waals surface area contributed by atoms with Gasteiger partial charge in [-0.25, -0.2) is 13.1 Å². The molecule has 19 heavy (non-hydrogen) atoms. The number of nitrogens with one attached hydrogen (secondary N) is 2. The number of carbonyl (C=O) groups is 1. The van der Waals surface area contributed by atoms with Crippen LogP contribution in [0.1, 0.15) is 13.8 Å². The molecular weight excluding hydrogens is 268 g/mol. The molecule has 0 spiro atoms. The van der Waals surface area contributed by atoms with Crippen LogP contribution in [0.4, 0.5) is 11.4 Å². The summed E-state index contributed by atoms with van der Waals surface area (Å²) in [5.41, 5.74) is 10.6. The number of sulfonamides is 1. The van der Waals surface area contributed by atoms with Crippen LogP contribution in [0.3, 0.4) is 0 Å². The molecule has 0 aliphatic rings. The number of anilines is 2. The van der Waals surface area contributed by atoms with E-state index in [1.807, 2.05) is 0 Å². The summed E-state index contributed by atoms with van der Waals surface area (Å²) in [5, 5.41) is 2.83. The molecule has 0 fully saturated rings. The first-order valence-corrected chi connectivity index (χ1v) is 6.99. The molecule has 0 radical (unpaired) electrons. The number of rotatable bonds is 5. The number of carbonyl (C=O) groups excluding carboxylic acids is 1. The Bertz CT molecular complexity index is 596. The van der Waals surface area contributed by atoms with Gasteiger partial charge in [0.25, 0.3) is 0 Å². The summed E-state index contributed by atoms with van der Waals surface area (Å²) in [6.07, 6.45) is 0. The van der Waals surface area contributed by atoms with Crippen LogP contribution in [0.2, 0.25) is 0 Å². The Labute approximate surface area is 112 Å². The van der Waals surface area contributed by atoms with E-state index in [9.17, 15) is 13.2 Å². The lowest BCUT2D eigenvalue weighted by molar-refractivity contribution is -0.121. The van der Waals surface area contributed by atoms with Crippen LogP contribution in [-0.2, 0) is 14.8 Å². The summed E-state index contributed by atoms with van der Waals surface area (Å²) in [4.78, 5) is 11.3. The lowest BCUT2D eigenvalue weighted by Crippen LogP contribution is -2.45. The van der Waals surface area contributed by atoms with Crippen molar-refractivity contribution in [3.8, 4) is 0 Å². The summed E-state index contributed by atoms with van der Waals surface area (Å²) >= 11 is 0. The van der Waals surface area contributed by atoms with Crippen LogP contribution in [0.25, 0.3) is 0 Å². The third-order valence-electron chi connectivity index (χ3n) is 2.67. The van der Waals surface area contributed by atoms with Gasteiger partial charge in [0.05, 0.1) is 16.3 Å². The second kappa shape index (κ2) is 5.06. The monoisotopic (exact) mass is 286 g/mol. The molecule has 0 aliphatic heterocycles. The molecule has 1 rings (SSSR count). The van der Waals surface area contributed by atoms with Crippen LogP contribution < -0.4 is 21.5 Å².